The largest absolute Gasteiger partial charge is 0.497 e. The molecule has 0 saturated heterocycles. The Morgan fingerprint density at radius 2 is 1.90 bits per heavy atom. The van der Waals surface area contributed by atoms with E-state index in [4.69, 9.17) is 4.74 Å². The molecule has 1 aromatic heterocycles. The third-order valence-electron chi connectivity index (χ3n) is 3.31. The van der Waals surface area contributed by atoms with Gasteiger partial charge >= 0.3 is 0 Å². The standard InChI is InChI=1S/C17H23N3O/c1-4-18-12-14-7-5-8-15(19-14)13-20(2)16-9-6-10-17(11-16)21-3/h5-11,18H,4,12-13H2,1-3H3. The van der Waals surface area contributed by atoms with Crippen molar-refractivity contribution in [2.75, 3.05) is 25.6 Å². The molecule has 2 aromatic rings. The molecule has 112 valence electrons. The zero-order chi connectivity index (χ0) is 15.1. The van der Waals surface area contributed by atoms with Crippen LogP contribution in [0.5, 0.6) is 5.75 Å². The van der Waals surface area contributed by atoms with Gasteiger partial charge in [0.2, 0.25) is 0 Å². The molecule has 1 aromatic carbocycles. The fraction of sp³-hybridized carbons (Fsp3) is 0.353. The highest BCUT2D eigenvalue weighted by molar-refractivity contribution is 5.50. The van der Waals surface area contributed by atoms with Gasteiger partial charge in [-0.05, 0) is 30.8 Å². The Kier molecular flexibility index (Phi) is 5.58. The molecule has 0 amide bonds. The predicted octanol–water partition coefficient (Wildman–Crippen LogP) is 2.84. The molecule has 0 spiro atoms. The molecule has 0 fully saturated rings. The van der Waals surface area contributed by atoms with Crippen LogP contribution in [0.4, 0.5) is 5.69 Å². The van der Waals surface area contributed by atoms with Crippen LogP contribution in [0, 0.1) is 0 Å². The number of rotatable bonds is 7. The highest BCUT2D eigenvalue weighted by atomic mass is 16.5. The number of hydrogen-bond acceptors (Lipinski definition) is 4. The highest BCUT2D eigenvalue weighted by Gasteiger charge is 2.05. The molecule has 0 atom stereocenters. The Labute approximate surface area is 126 Å². The van der Waals surface area contributed by atoms with E-state index in [-0.39, 0.29) is 0 Å². The number of methoxy groups -OCH3 is 1. The van der Waals surface area contributed by atoms with Crippen molar-refractivity contribution in [3.63, 3.8) is 0 Å². The maximum absolute atomic E-state index is 5.27. The van der Waals surface area contributed by atoms with Crippen LogP contribution >= 0.6 is 0 Å². The van der Waals surface area contributed by atoms with Crippen molar-refractivity contribution in [2.24, 2.45) is 0 Å². The summed E-state index contributed by atoms with van der Waals surface area (Å²) < 4.78 is 5.27. The molecule has 0 radical (unpaired) electrons. The van der Waals surface area contributed by atoms with Crippen LogP contribution in [-0.4, -0.2) is 25.7 Å². The van der Waals surface area contributed by atoms with Crippen LogP contribution in [-0.2, 0) is 13.1 Å². The Hall–Kier alpha value is -2.07. The first-order valence-corrected chi connectivity index (χ1v) is 7.23. The minimum absolute atomic E-state index is 0.771. The van der Waals surface area contributed by atoms with Crippen LogP contribution in [0.25, 0.3) is 0 Å². The van der Waals surface area contributed by atoms with Crippen molar-refractivity contribution in [3.8, 4) is 5.75 Å². The predicted molar refractivity (Wildman–Crippen MR) is 86.7 cm³/mol. The van der Waals surface area contributed by atoms with E-state index in [1.807, 2.05) is 18.2 Å². The van der Waals surface area contributed by atoms with E-state index in [1.54, 1.807) is 7.11 Å². The molecule has 2 rings (SSSR count). The van der Waals surface area contributed by atoms with Crippen LogP contribution in [0.3, 0.4) is 0 Å². The van der Waals surface area contributed by atoms with Crippen molar-refractivity contribution < 1.29 is 4.74 Å². The second kappa shape index (κ2) is 7.64. The second-order valence-electron chi connectivity index (χ2n) is 4.96. The van der Waals surface area contributed by atoms with Gasteiger partial charge in [0.25, 0.3) is 0 Å². The molecule has 1 heterocycles. The van der Waals surface area contributed by atoms with Gasteiger partial charge in [0.15, 0.2) is 0 Å². The number of aromatic nitrogens is 1. The van der Waals surface area contributed by atoms with Gasteiger partial charge < -0.3 is 15.0 Å². The van der Waals surface area contributed by atoms with E-state index in [0.29, 0.717) is 0 Å². The summed E-state index contributed by atoms with van der Waals surface area (Å²) in [5.41, 5.74) is 3.26. The van der Waals surface area contributed by atoms with Crippen molar-refractivity contribution in [2.45, 2.75) is 20.0 Å². The van der Waals surface area contributed by atoms with Crippen LogP contribution < -0.4 is 15.0 Å². The monoisotopic (exact) mass is 285 g/mol. The number of nitrogens with zero attached hydrogens (tertiary/aromatic N) is 2. The Morgan fingerprint density at radius 3 is 2.67 bits per heavy atom. The molecular formula is C17H23N3O. The van der Waals surface area contributed by atoms with Crippen molar-refractivity contribution >= 4 is 5.69 Å². The SMILES string of the molecule is CCNCc1cccc(CN(C)c2cccc(OC)c2)n1. The summed E-state index contributed by atoms with van der Waals surface area (Å²) in [5, 5.41) is 3.30. The molecule has 4 heteroatoms. The number of hydrogen-bond donors (Lipinski definition) is 1. The quantitative estimate of drug-likeness (QED) is 0.849. The summed E-state index contributed by atoms with van der Waals surface area (Å²) in [4.78, 5) is 6.85. The Balaban J connectivity index is 2.06. The van der Waals surface area contributed by atoms with Gasteiger partial charge in [0, 0.05) is 25.3 Å². The summed E-state index contributed by atoms with van der Waals surface area (Å²) in [7, 11) is 3.75. The summed E-state index contributed by atoms with van der Waals surface area (Å²) in [6.45, 7) is 4.64. The average molecular weight is 285 g/mol. The lowest BCUT2D eigenvalue weighted by Gasteiger charge is -2.19. The first-order chi connectivity index (χ1) is 10.2. The maximum atomic E-state index is 5.27. The normalized spacial score (nSPS) is 10.4. The first-order valence-electron chi connectivity index (χ1n) is 7.23. The van der Waals surface area contributed by atoms with Gasteiger partial charge in [-0.25, -0.2) is 0 Å². The van der Waals surface area contributed by atoms with Crippen LogP contribution in [0.1, 0.15) is 18.3 Å². The van der Waals surface area contributed by atoms with Crippen molar-refractivity contribution in [3.05, 3.63) is 53.9 Å². The van der Waals surface area contributed by atoms with Gasteiger partial charge in [-0.15, -0.1) is 0 Å². The van der Waals surface area contributed by atoms with Gasteiger partial charge in [-0.1, -0.05) is 19.1 Å². The lowest BCUT2D eigenvalue weighted by Crippen LogP contribution is -2.18. The van der Waals surface area contributed by atoms with Crippen molar-refractivity contribution in [1.29, 1.82) is 0 Å². The van der Waals surface area contributed by atoms with E-state index in [1.165, 1.54) is 0 Å². The van der Waals surface area contributed by atoms with E-state index >= 15 is 0 Å². The molecular weight excluding hydrogens is 262 g/mol. The molecule has 0 aliphatic rings. The average Bonchev–Trinajstić information content (AvgIpc) is 2.53. The highest BCUT2D eigenvalue weighted by Crippen LogP contribution is 2.21. The molecule has 0 unspecified atom stereocenters. The van der Waals surface area contributed by atoms with Gasteiger partial charge in [0.05, 0.1) is 25.0 Å². The number of benzene rings is 1. The van der Waals surface area contributed by atoms with E-state index in [9.17, 15) is 0 Å². The van der Waals surface area contributed by atoms with E-state index < -0.39 is 0 Å². The van der Waals surface area contributed by atoms with E-state index in [2.05, 4.69) is 53.4 Å². The zero-order valence-corrected chi connectivity index (χ0v) is 13.0. The minimum atomic E-state index is 0.771. The number of pyridine rings is 1. The topological polar surface area (TPSA) is 37.4 Å². The molecule has 21 heavy (non-hydrogen) atoms. The fourth-order valence-electron chi connectivity index (χ4n) is 2.15. The Morgan fingerprint density at radius 1 is 1.14 bits per heavy atom. The third-order valence-corrected chi connectivity index (χ3v) is 3.31. The molecule has 0 saturated carbocycles. The molecule has 1 N–H and O–H groups in total. The Bertz CT molecular complexity index is 571. The number of nitrogens with one attached hydrogen (secondary N) is 1. The summed E-state index contributed by atoms with van der Waals surface area (Å²) >= 11 is 0. The zero-order valence-electron chi connectivity index (χ0n) is 13.0. The van der Waals surface area contributed by atoms with Gasteiger partial charge in [-0.3, -0.25) is 4.98 Å². The van der Waals surface area contributed by atoms with Crippen LogP contribution in [0.2, 0.25) is 0 Å². The fourth-order valence-corrected chi connectivity index (χ4v) is 2.15. The second-order valence-corrected chi connectivity index (χ2v) is 4.96. The lowest BCUT2D eigenvalue weighted by molar-refractivity contribution is 0.415. The lowest BCUT2D eigenvalue weighted by atomic mass is 10.2. The summed E-state index contributed by atoms with van der Waals surface area (Å²) in [5.74, 6) is 0.869. The summed E-state index contributed by atoms with van der Waals surface area (Å²) in [6.07, 6.45) is 0. The van der Waals surface area contributed by atoms with Gasteiger partial charge in [0.1, 0.15) is 5.75 Å². The first kappa shape index (κ1) is 15.3. The maximum Gasteiger partial charge on any atom is 0.120 e. The molecule has 0 aliphatic carbocycles. The smallest absolute Gasteiger partial charge is 0.120 e. The van der Waals surface area contributed by atoms with Crippen molar-refractivity contribution in [1.82, 2.24) is 10.3 Å². The molecule has 0 bridgehead atoms. The summed E-state index contributed by atoms with van der Waals surface area (Å²) in [6, 6.07) is 14.2. The number of anilines is 1. The number of ether oxygens (including phenoxy) is 1. The van der Waals surface area contributed by atoms with Crippen LogP contribution in [0.15, 0.2) is 42.5 Å². The van der Waals surface area contributed by atoms with Gasteiger partial charge in [-0.2, -0.15) is 0 Å². The molecule has 4 nitrogen and oxygen atoms in total. The third kappa shape index (κ3) is 4.46. The molecule has 0 aliphatic heterocycles. The minimum Gasteiger partial charge on any atom is -0.497 e. The van der Waals surface area contributed by atoms with E-state index in [0.717, 1.165) is 42.5 Å².